The van der Waals surface area contributed by atoms with E-state index in [9.17, 15) is 0 Å². The van der Waals surface area contributed by atoms with Crippen LogP contribution < -0.4 is 10.1 Å². The molecule has 0 unspecified atom stereocenters. The van der Waals surface area contributed by atoms with Gasteiger partial charge in [0, 0.05) is 6.04 Å². The first kappa shape index (κ1) is 12.3. The molecule has 17 heavy (non-hydrogen) atoms. The van der Waals surface area contributed by atoms with E-state index in [0.29, 0.717) is 6.04 Å². The zero-order valence-corrected chi connectivity index (χ0v) is 11.1. The SMILES string of the molecule is COc1ccc(C)cc1N[C@H]1CCC[C@H](C)C1. The molecule has 0 saturated heterocycles. The molecule has 94 valence electrons. The van der Waals surface area contributed by atoms with Gasteiger partial charge in [0.15, 0.2) is 0 Å². The van der Waals surface area contributed by atoms with Crippen molar-refractivity contribution in [3.05, 3.63) is 23.8 Å². The summed E-state index contributed by atoms with van der Waals surface area (Å²) in [7, 11) is 1.74. The lowest BCUT2D eigenvalue weighted by Gasteiger charge is -2.29. The molecule has 1 aliphatic carbocycles. The maximum atomic E-state index is 5.41. The van der Waals surface area contributed by atoms with Crippen molar-refractivity contribution in [2.45, 2.75) is 45.6 Å². The van der Waals surface area contributed by atoms with Crippen LogP contribution in [0.4, 0.5) is 5.69 Å². The van der Waals surface area contributed by atoms with Crippen LogP contribution in [0.25, 0.3) is 0 Å². The van der Waals surface area contributed by atoms with Crippen molar-refractivity contribution in [3.63, 3.8) is 0 Å². The van der Waals surface area contributed by atoms with Gasteiger partial charge in [-0.3, -0.25) is 0 Å². The van der Waals surface area contributed by atoms with Crippen molar-refractivity contribution in [2.24, 2.45) is 5.92 Å². The van der Waals surface area contributed by atoms with E-state index in [-0.39, 0.29) is 0 Å². The lowest BCUT2D eigenvalue weighted by atomic mass is 9.87. The Morgan fingerprint density at radius 1 is 1.29 bits per heavy atom. The third-order valence-electron chi connectivity index (χ3n) is 3.65. The van der Waals surface area contributed by atoms with Gasteiger partial charge in [0.1, 0.15) is 5.75 Å². The monoisotopic (exact) mass is 233 g/mol. The number of nitrogens with one attached hydrogen (secondary N) is 1. The number of hydrogen-bond donors (Lipinski definition) is 1. The van der Waals surface area contributed by atoms with Crippen LogP contribution in [0.3, 0.4) is 0 Å². The van der Waals surface area contributed by atoms with Gasteiger partial charge in [0.25, 0.3) is 0 Å². The van der Waals surface area contributed by atoms with E-state index in [2.05, 4.69) is 31.3 Å². The Labute approximate surface area is 104 Å². The average molecular weight is 233 g/mol. The molecule has 2 heteroatoms. The van der Waals surface area contributed by atoms with Crippen LogP contribution >= 0.6 is 0 Å². The molecule has 2 nitrogen and oxygen atoms in total. The van der Waals surface area contributed by atoms with Crippen LogP contribution in [-0.2, 0) is 0 Å². The Bertz CT molecular complexity index is 375. The van der Waals surface area contributed by atoms with E-state index in [1.807, 2.05) is 6.07 Å². The fraction of sp³-hybridized carbons (Fsp3) is 0.600. The quantitative estimate of drug-likeness (QED) is 0.852. The van der Waals surface area contributed by atoms with E-state index in [4.69, 9.17) is 4.74 Å². The molecule has 0 bridgehead atoms. The van der Waals surface area contributed by atoms with E-state index in [0.717, 1.165) is 17.4 Å². The molecule has 1 fully saturated rings. The second kappa shape index (κ2) is 5.44. The van der Waals surface area contributed by atoms with Crippen molar-refractivity contribution in [2.75, 3.05) is 12.4 Å². The highest BCUT2D eigenvalue weighted by Crippen LogP contribution is 2.30. The number of ether oxygens (including phenoxy) is 1. The van der Waals surface area contributed by atoms with Gasteiger partial charge in [0.05, 0.1) is 12.8 Å². The molecule has 0 heterocycles. The highest BCUT2D eigenvalue weighted by Gasteiger charge is 2.19. The Balaban J connectivity index is 2.08. The lowest BCUT2D eigenvalue weighted by Crippen LogP contribution is -2.26. The van der Waals surface area contributed by atoms with Crippen molar-refractivity contribution in [1.82, 2.24) is 0 Å². The molecular formula is C15H23NO. The van der Waals surface area contributed by atoms with Gasteiger partial charge < -0.3 is 10.1 Å². The summed E-state index contributed by atoms with van der Waals surface area (Å²) in [5.41, 5.74) is 2.42. The molecule has 1 saturated carbocycles. The first-order chi connectivity index (χ1) is 8.19. The summed E-state index contributed by atoms with van der Waals surface area (Å²) >= 11 is 0. The molecule has 1 N–H and O–H groups in total. The minimum atomic E-state index is 0.606. The van der Waals surface area contributed by atoms with E-state index in [1.165, 1.54) is 31.2 Å². The molecule has 1 aromatic rings. The third-order valence-corrected chi connectivity index (χ3v) is 3.65. The largest absolute Gasteiger partial charge is 0.495 e. The molecule has 0 radical (unpaired) electrons. The molecule has 0 spiro atoms. The summed E-state index contributed by atoms with van der Waals surface area (Å²) in [5.74, 6) is 1.80. The number of methoxy groups -OCH3 is 1. The van der Waals surface area contributed by atoms with Gasteiger partial charge in [-0.05, 0) is 43.4 Å². The fourth-order valence-electron chi connectivity index (χ4n) is 2.72. The van der Waals surface area contributed by atoms with E-state index < -0.39 is 0 Å². The van der Waals surface area contributed by atoms with Crippen LogP contribution in [0.2, 0.25) is 0 Å². The molecular weight excluding hydrogens is 210 g/mol. The van der Waals surface area contributed by atoms with Crippen LogP contribution in [0, 0.1) is 12.8 Å². The number of aryl methyl sites for hydroxylation is 1. The number of hydrogen-bond acceptors (Lipinski definition) is 2. The Morgan fingerprint density at radius 3 is 2.82 bits per heavy atom. The molecule has 2 atom stereocenters. The van der Waals surface area contributed by atoms with E-state index in [1.54, 1.807) is 7.11 Å². The topological polar surface area (TPSA) is 21.3 Å². The summed E-state index contributed by atoms with van der Waals surface area (Å²) in [6.45, 7) is 4.47. The zero-order chi connectivity index (χ0) is 12.3. The summed E-state index contributed by atoms with van der Waals surface area (Å²) in [6, 6.07) is 6.92. The summed E-state index contributed by atoms with van der Waals surface area (Å²) < 4.78 is 5.41. The van der Waals surface area contributed by atoms with Crippen LogP contribution in [0.5, 0.6) is 5.75 Å². The smallest absolute Gasteiger partial charge is 0.141 e. The molecule has 0 aromatic heterocycles. The predicted molar refractivity (Wildman–Crippen MR) is 72.8 cm³/mol. The van der Waals surface area contributed by atoms with Crippen LogP contribution in [0.15, 0.2) is 18.2 Å². The van der Waals surface area contributed by atoms with Crippen molar-refractivity contribution in [1.29, 1.82) is 0 Å². The predicted octanol–water partition coefficient (Wildman–Crippen LogP) is 3.99. The maximum absolute atomic E-state index is 5.41. The number of benzene rings is 1. The van der Waals surface area contributed by atoms with Crippen molar-refractivity contribution < 1.29 is 4.74 Å². The van der Waals surface area contributed by atoms with Crippen LogP contribution in [-0.4, -0.2) is 13.2 Å². The minimum Gasteiger partial charge on any atom is -0.495 e. The van der Waals surface area contributed by atoms with Gasteiger partial charge in [-0.2, -0.15) is 0 Å². The maximum Gasteiger partial charge on any atom is 0.141 e. The first-order valence-electron chi connectivity index (χ1n) is 6.60. The summed E-state index contributed by atoms with van der Waals surface area (Å²) in [4.78, 5) is 0. The zero-order valence-electron chi connectivity index (χ0n) is 11.1. The Hall–Kier alpha value is -1.18. The average Bonchev–Trinajstić information content (AvgIpc) is 2.29. The number of anilines is 1. The minimum absolute atomic E-state index is 0.606. The molecule has 0 amide bonds. The highest BCUT2D eigenvalue weighted by atomic mass is 16.5. The van der Waals surface area contributed by atoms with E-state index >= 15 is 0 Å². The molecule has 1 aliphatic rings. The number of rotatable bonds is 3. The van der Waals surface area contributed by atoms with Crippen LogP contribution in [0.1, 0.15) is 38.2 Å². The second-order valence-corrected chi connectivity index (χ2v) is 5.32. The summed E-state index contributed by atoms with van der Waals surface area (Å²) in [6.07, 6.45) is 5.27. The fourth-order valence-corrected chi connectivity index (χ4v) is 2.72. The standard InChI is InChI=1S/C15H23NO/c1-11-5-4-6-13(9-11)16-14-10-12(2)7-8-15(14)17-3/h7-8,10-11,13,16H,4-6,9H2,1-3H3/t11-,13-/m0/s1. The molecule has 2 rings (SSSR count). The Morgan fingerprint density at radius 2 is 2.12 bits per heavy atom. The van der Waals surface area contributed by atoms with Gasteiger partial charge in [-0.15, -0.1) is 0 Å². The van der Waals surface area contributed by atoms with Crippen molar-refractivity contribution in [3.8, 4) is 5.75 Å². The highest BCUT2D eigenvalue weighted by molar-refractivity contribution is 5.58. The second-order valence-electron chi connectivity index (χ2n) is 5.32. The van der Waals surface area contributed by atoms with Gasteiger partial charge >= 0.3 is 0 Å². The normalized spacial score (nSPS) is 24.4. The summed E-state index contributed by atoms with van der Waals surface area (Å²) in [5, 5.41) is 3.65. The van der Waals surface area contributed by atoms with Gasteiger partial charge in [-0.25, -0.2) is 0 Å². The third kappa shape index (κ3) is 3.15. The molecule has 0 aliphatic heterocycles. The van der Waals surface area contributed by atoms with Gasteiger partial charge in [0.2, 0.25) is 0 Å². The van der Waals surface area contributed by atoms with Crippen molar-refractivity contribution >= 4 is 5.69 Å². The Kier molecular flexibility index (Phi) is 3.93. The lowest BCUT2D eigenvalue weighted by molar-refractivity contribution is 0.357. The molecule has 1 aromatic carbocycles. The van der Waals surface area contributed by atoms with Gasteiger partial charge in [-0.1, -0.05) is 25.8 Å². The first-order valence-corrected chi connectivity index (χ1v) is 6.60.